The van der Waals surface area contributed by atoms with Gasteiger partial charge in [-0.05, 0) is 43.6 Å². The molecular weight excluding hydrogens is 324 g/mol. The third-order valence-electron chi connectivity index (χ3n) is 4.21. The van der Waals surface area contributed by atoms with Crippen molar-refractivity contribution in [2.24, 2.45) is 0 Å². The summed E-state index contributed by atoms with van der Waals surface area (Å²) >= 11 is 0. The van der Waals surface area contributed by atoms with Crippen LogP contribution in [0.2, 0.25) is 0 Å². The number of Topliss-reactive ketones (excluding diaryl/α,β-unsaturated/α-hetero) is 1. The van der Waals surface area contributed by atoms with Gasteiger partial charge in [0.15, 0.2) is 5.78 Å². The van der Waals surface area contributed by atoms with E-state index in [0.717, 1.165) is 32.5 Å². The van der Waals surface area contributed by atoms with Crippen molar-refractivity contribution in [2.45, 2.75) is 33.2 Å². The van der Waals surface area contributed by atoms with E-state index in [1.54, 1.807) is 12.1 Å². The first-order valence-corrected chi connectivity index (χ1v) is 9.31. The Kier molecular flexibility index (Phi) is 8.03. The van der Waals surface area contributed by atoms with Crippen LogP contribution in [0.4, 0.5) is 0 Å². The molecule has 0 saturated carbocycles. The zero-order valence-electron chi connectivity index (χ0n) is 15.7. The average molecular weight is 352 g/mol. The number of carbonyl (C=O) groups is 2. The molecule has 0 aliphatic carbocycles. The Bertz CT molecular complexity index is 690. The molecule has 0 heterocycles. The Morgan fingerprint density at radius 2 is 1.46 bits per heavy atom. The van der Waals surface area contributed by atoms with Gasteiger partial charge in [0.05, 0.1) is 6.54 Å². The molecule has 4 heteroatoms. The predicted octanol–water partition coefficient (Wildman–Crippen LogP) is 3.92. The van der Waals surface area contributed by atoms with E-state index in [9.17, 15) is 9.59 Å². The van der Waals surface area contributed by atoms with Gasteiger partial charge in [0.25, 0.3) is 5.91 Å². The second kappa shape index (κ2) is 10.5. The van der Waals surface area contributed by atoms with E-state index >= 15 is 0 Å². The van der Waals surface area contributed by atoms with E-state index in [-0.39, 0.29) is 18.2 Å². The van der Waals surface area contributed by atoms with Crippen LogP contribution in [0.15, 0.2) is 54.6 Å². The summed E-state index contributed by atoms with van der Waals surface area (Å²) in [5.74, 6) is -0.315. The zero-order chi connectivity index (χ0) is 18.8. The van der Waals surface area contributed by atoms with Crippen LogP contribution in [0, 0.1) is 0 Å². The minimum atomic E-state index is -0.222. The van der Waals surface area contributed by atoms with E-state index in [0.29, 0.717) is 11.1 Å². The Morgan fingerprint density at radius 3 is 2.04 bits per heavy atom. The number of rotatable bonds is 10. The molecule has 0 saturated heterocycles. The number of ketones is 1. The second-order valence-electron chi connectivity index (χ2n) is 6.44. The summed E-state index contributed by atoms with van der Waals surface area (Å²) < 4.78 is 0. The summed E-state index contributed by atoms with van der Waals surface area (Å²) in [7, 11) is 0. The molecule has 0 aromatic heterocycles. The summed E-state index contributed by atoms with van der Waals surface area (Å²) in [5.41, 5.74) is 2.38. The maximum atomic E-state index is 12.2. The van der Waals surface area contributed by atoms with Gasteiger partial charge < -0.3 is 5.32 Å². The average Bonchev–Trinajstić information content (AvgIpc) is 2.67. The van der Waals surface area contributed by atoms with Crippen LogP contribution in [-0.2, 0) is 6.54 Å². The van der Waals surface area contributed by atoms with Gasteiger partial charge in [-0.3, -0.25) is 14.5 Å². The molecule has 0 aliphatic heterocycles. The lowest BCUT2D eigenvalue weighted by atomic mass is 10.1. The smallest absolute Gasteiger partial charge is 0.251 e. The maximum Gasteiger partial charge on any atom is 0.251 e. The van der Waals surface area contributed by atoms with Gasteiger partial charge in [0, 0.05) is 17.7 Å². The number of nitrogens with one attached hydrogen (secondary N) is 1. The van der Waals surface area contributed by atoms with E-state index in [4.69, 9.17) is 0 Å². The van der Waals surface area contributed by atoms with Gasteiger partial charge in [-0.2, -0.15) is 0 Å². The highest BCUT2D eigenvalue weighted by Gasteiger charge is 2.10. The number of carbonyl (C=O) groups excluding carboxylic acids is 2. The van der Waals surface area contributed by atoms with Crippen molar-refractivity contribution in [1.29, 1.82) is 0 Å². The normalized spacial score (nSPS) is 10.7. The topological polar surface area (TPSA) is 49.4 Å². The monoisotopic (exact) mass is 352 g/mol. The maximum absolute atomic E-state index is 12.2. The molecule has 0 fully saturated rings. The lowest BCUT2D eigenvalue weighted by molar-refractivity contribution is 0.0904. The van der Waals surface area contributed by atoms with Gasteiger partial charge in [-0.15, -0.1) is 0 Å². The minimum absolute atomic E-state index is 0.00533. The zero-order valence-corrected chi connectivity index (χ0v) is 15.7. The molecule has 0 spiro atoms. The van der Waals surface area contributed by atoms with Crippen LogP contribution in [0.3, 0.4) is 0 Å². The van der Waals surface area contributed by atoms with Gasteiger partial charge in [0.1, 0.15) is 0 Å². The van der Waals surface area contributed by atoms with Gasteiger partial charge in [-0.25, -0.2) is 0 Å². The van der Waals surface area contributed by atoms with Crippen LogP contribution in [0.25, 0.3) is 0 Å². The number of nitrogens with zero attached hydrogens (tertiary/aromatic N) is 1. The van der Waals surface area contributed by atoms with Gasteiger partial charge in [0.2, 0.25) is 0 Å². The Labute approximate surface area is 156 Å². The fourth-order valence-corrected chi connectivity index (χ4v) is 2.91. The van der Waals surface area contributed by atoms with Crippen molar-refractivity contribution in [3.8, 4) is 0 Å². The molecule has 1 N–H and O–H groups in total. The summed E-state index contributed by atoms with van der Waals surface area (Å²) in [6.45, 7) is 7.44. The SMILES string of the molecule is CCCN(CCC)Cc1ccc(C(=O)NCC(=O)c2ccccc2)cc1. The molecule has 0 radical (unpaired) electrons. The molecule has 2 rings (SSSR count). The van der Waals surface area contributed by atoms with Crippen molar-refractivity contribution in [3.63, 3.8) is 0 Å². The lowest BCUT2D eigenvalue weighted by Gasteiger charge is -2.21. The molecule has 2 aromatic carbocycles. The van der Waals surface area contributed by atoms with E-state index in [1.807, 2.05) is 42.5 Å². The molecule has 2 aromatic rings. The van der Waals surface area contributed by atoms with Crippen LogP contribution in [0.5, 0.6) is 0 Å². The number of hydrogen-bond acceptors (Lipinski definition) is 3. The molecule has 0 atom stereocenters. The van der Waals surface area contributed by atoms with Crippen molar-refractivity contribution in [2.75, 3.05) is 19.6 Å². The number of amides is 1. The standard InChI is InChI=1S/C22H28N2O2/c1-3-14-24(15-4-2)17-18-10-12-20(13-11-18)22(26)23-16-21(25)19-8-6-5-7-9-19/h5-13H,3-4,14-17H2,1-2H3,(H,23,26). The highest BCUT2D eigenvalue weighted by molar-refractivity contribution is 6.02. The highest BCUT2D eigenvalue weighted by Crippen LogP contribution is 2.09. The fraction of sp³-hybridized carbons (Fsp3) is 0.364. The number of hydrogen-bond donors (Lipinski definition) is 1. The van der Waals surface area contributed by atoms with Crippen LogP contribution < -0.4 is 5.32 Å². The first kappa shape index (κ1) is 19.9. The van der Waals surface area contributed by atoms with E-state index < -0.39 is 0 Å². The Hall–Kier alpha value is -2.46. The molecule has 4 nitrogen and oxygen atoms in total. The largest absolute Gasteiger partial charge is 0.345 e. The first-order valence-electron chi connectivity index (χ1n) is 9.31. The summed E-state index contributed by atoms with van der Waals surface area (Å²) in [6, 6.07) is 16.6. The van der Waals surface area contributed by atoms with E-state index in [2.05, 4.69) is 24.1 Å². The van der Waals surface area contributed by atoms with Crippen LogP contribution in [0.1, 0.15) is 53.0 Å². The predicted molar refractivity (Wildman–Crippen MR) is 105 cm³/mol. The second-order valence-corrected chi connectivity index (χ2v) is 6.44. The van der Waals surface area contributed by atoms with Crippen molar-refractivity contribution >= 4 is 11.7 Å². The highest BCUT2D eigenvalue weighted by atomic mass is 16.2. The van der Waals surface area contributed by atoms with Crippen molar-refractivity contribution in [1.82, 2.24) is 10.2 Å². The third kappa shape index (κ3) is 6.12. The van der Waals surface area contributed by atoms with Gasteiger partial charge in [-0.1, -0.05) is 56.3 Å². The molecule has 0 bridgehead atoms. The quantitative estimate of drug-likeness (QED) is 0.659. The summed E-state index contributed by atoms with van der Waals surface area (Å²) in [4.78, 5) is 26.7. The molecular formula is C22H28N2O2. The molecule has 0 unspecified atom stereocenters. The molecule has 26 heavy (non-hydrogen) atoms. The van der Waals surface area contributed by atoms with Gasteiger partial charge >= 0.3 is 0 Å². The van der Waals surface area contributed by atoms with Crippen LogP contribution >= 0.6 is 0 Å². The molecule has 1 amide bonds. The van der Waals surface area contributed by atoms with E-state index in [1.165, 1.54) is 5.56 Å². The molecule has 138 valence electrons. The third-order valence-corrected chi connectivity index (χ3v) is 4.21. The lowest BCUT2D eigenvalue weighted by Crippen LogP contribution is -2.29. The first-order chi connectivity index (χ1) is 12.6. The van der Waals surface area contributed by atoms with Crippen molar-refractivity contribution in [3.05, 3.63) is 71.3 Å². The summed E-state index contributed by atoms with van der Waals surface area (Å²) in [6.07, 6.45) is 2.27. The Balaban J connectivity index is 1.88. The number of benzene rings is 2. The fourth-order valence-electron chi connectivity index (χ4n) is 2.91. The summed E-state index contributed by atoms with van der Waals surface area (Å²) in [5, 5.41) is 2.70. The minimum Gasteiger partial charge on any atom is -0.345 e. The Morgan fingerprint density at radius 1 is 0.846 bits per heavy atom. The van der Waals surface area contributed by atoms with Crippen molar-refractivity contribution < 1.29 is 9.59 Å². The molecule has 0 aliphatic rings. The van der Waals surface area contributed by atoms with Crippen LogP contribution in [-0.4, -0.2) is 36.2 Å².